The molecule has 1 heterocycles. The average molecular weight is 284 g/mol. The van der Waals surface area contributed by atoms with Gasteiger partial charge in [0.25, 0.3) is 0 Å². The average Bonchev–Trinajstić information content (AvgIpc) is 2.84. The normalized spacial score (nSPS) is 31.7. The van der Waals surface area contributed by atoms with Gasteiger partial charge >= 0.3 is 5.97 Å². The van der Waals surface area contributed by atoms with Gasteiger partial charge in [-0.05, 0) is 52.0 Å². The Balaban J connectivity index is 1.83. The van der Waals surface area contributed by atoms with Gasteiger partial charge in [-0.3, -0.25) is 4.79 Å². The van der Waals surface area contributed by atoms with E-state index in [9.17, 15) is 4.79 Å². The van der Waals surface area contributed by atoms with E-state index in [1.165, 1.54) is 0 Å². The van der Waals surface area contributed by atoms with Gasteiger partial charge in [0, 0.05) is 25.8 Å². The van der Waals surface area contributed by atoms with E-state index in [1.807, 2.05) is 6.92 Å². The Hall–Kier alpha value is -0.650. The molecule has 1 aliphatic carbocycles. The Morgan fingerprint density at radius 1 is 1.40 bits per heavy atom. The molecule has 2 aliphatic rings. The largest absolute Gasteiger partial charge is 0.465 e. The van der Waals surface area contributed by atoms with Crippen molar-refractivity contribution in [2.24, 2.45) is 11.7 Å². The smallest absolute Gasteiger partial charge is 0.326 e. The first kappa shape index (κ1) is 15.7. The van der Waals surface area contributed by atoms with Crippen LogP contribution in [0.3, 0.4) is 0 Å². The molecule has 0 bridgehead atoms. The molecule has 0 aromatic carbocycles. The minimum atomic E-state index is -0.773. The topological polar surface area (TPSA) is 64.8 Å². The molecule has 0 radical (unpaired) electrons. The summed E-state index contributed by atoms with van der Waals surface area (Å²) in [5.41, 5.74) is 5.46. The van der Waals surface area contributed by atoms with Crippen molar-refractivity contribution in [2.45, 2.75) is 50.6 Å². The number of nitrogens with two attached hydrogens (primary N) is 1. The maximum atomic E-state index is 11.9. The third-order valence-electron chi connectivity index (χ3n) is 4.72. The zero-order valence-corrected chi connectivity index (χ0v) is 12.8. The molecule has 5 heteroatoms. The van der Waals surface area contributed by atoms with Crippen molar-refractivity contribution in [3.05, 3.63) is 0 Å². The van der Waals surface area contributed by atoms with Crippen molar-refractivity contribution < 1.29 is 14.3 Å². The Kier molecular flexibility index (Phi) is 5.41. The summed E-state index contributed by atoms with van der Waals surface area (Å²) in [4.78, 5) is 14.3. The zero-order chi connectivity index (χ0) is 14.6. The summed E-state index contributed by atoms with van der Waals surface area (Å²) in [6.07, 6.45) is 4.71. The lowest BCUT2D eigenvalue weighted by Gasteiger charge is -2.31. The maximum absolute atomic E-state index is 11.9. The fourth-order valence-corrected chi connectivity index (χ4v) is 3.37. The highest BCUT2D eigenvalue weighted by Gasteiger charge is 2.44. The SMILES string of the molecule is CCOC(=O)C1(N)CCC(N(C)CC2CCOCC2)C1. The molecule has 5 nitrogen and oxygen atoms in total. The molecule has 2 atom stereocenters. The van der Waals surface area contributed by atoms with Crippen LogP contribution in [0.2, 0.25) is 0 Å². The molecular formula is C15H28N2O3. The van der Waals surface area contributed by atoms with Gasteiger partial charge in [0.2, 0.25) is 0 Å². The number of hydrogen-bond acceptors (Lipinski definition) is 5. The molecule has 2 N–H and O–H groups in total. The lowest BCUT2D eigenvalue weighted by atomic mass is 9.97. The van der Waals surface area contributed by atoms with Gasteiger partial charge in [0.05, 0.1) is 6.61 Å². The van der Waals surface area contributed by atoms with Crippen molar-refractivity contribution in [3.8, 4) is 0 Å². The zero-order valence-electron chi connectivity index (χ0n) is 12.8. The van der Waals surface area contributed by atoms with Crippen LogP contribution >= 0.6 is 0 Å². The van der Waals surface area contributed by atoms with Crippen LogP contribution in [0.15, 0.2) is 0 Å². The molecule has 0 aromatic heterocycles. The van der Waals surface area contributed by atoms with Crippen molar-refractivity contribution in [2.75, 3.05) is 33.4 Å². The van der Waals surface area contributed by atoms with E-state index in [2.05, 4.69) is 11.9 Å². The first-order valence-corrected chi connectivity index (χ1v) is 7.79. The van der Waals surface area contributed by atoms with Gasteiger partial charge in [0.15, 0.2) is 0 Å². The van der Waals surface area contributed by atoms with Gasteiger partial charge < -0.3 is 20.1 Å². The lowest BCUT2D eigenvalue weighted by molar-refractivity contribution is -0.149. The van der Waals surface area contributed by atoms with Gasteiger partial charge in [-0.1, -0.05) is 0 Å². The van der Waals surface area contributed by atoms with E-state index >= 15 is 0 Å². The molecular weight excluding hydrogens is 256 g/mol. The third-order valence-corrected chi connectivity index (χ3v) is 4.72. The van der Waals surface area contributed by atoms with E-state index in [0.717, 1.165) is 45.4 Å². The summed E-state index contributed by atoms with van der Waals surface area (Å²) in [5, 5.41) is 0. The van der Waals surface area contributed by atoms with Crippen LogP contribution in [-0.2, 0) is 14.3 Å². The quantitative estimate of drug-likeness (QED) is 0.767. The van der Waals surface area contributed by atoms with E-state index in [4.69, 9.17) is 15.2 Å². The predicted octanol–water partition coefficient (Wildman–Crippen LogP) is 1.16. The fraction of sp³-hybridized carbons (Fsp3) is 0.933. The third kappa shape index (κ3) is 3.71. The second kappa shape index (κ2) is 6.87. The summed E-state index contributed by atoms with van der Waals surface area (Å²) < 4.78 is 10.5. The molecule has 20 heavy (non-hydrogen) atoms. The van der Waals surface area contributed by atoms with Crippen molar-refractivity contribution >= 4 is 5.97 Å². The number of ether oxygens (including phenoxy) is 2. The van der Waals surface area contributed by atoms with E-state index in [-0.39, 0.29) is 5.97 Å². The van der Waals surface area contributed by atoms with Crippen molar-refractivity contribution in [1.29, 1.82) is 0 Å². The first-order valence-electron chi connectivity index (χ1n) is 7.79. The van der Waals surface area contributed by atoms with Crippen LogP contribution in [0.5, 0.6) is 0 Å². The molecule has 0 amide bonds. The maximum Gasteiger partial charge on any atom is 0.326 e. The number of hydrogen-bond donors (Lipinski definition) is 1. The lowest BCUT2D eigenvalue weighted by Crippen LogP contribution is -2.48. The first-order chi connectivity index (χ1) is 9.55. The van der Waals surface area contributed by atoms with Crippen molar-refractivity contribution in [1.82, 2.24) is 4.90 Å². The fourth-order valence-electron chi connectivity index (χ4n) is 3.37. The van der Waals surface area contributed by atoms with E-state index < -0.39 is 5.54 Å². The van der Waals surface area contributed by atoms with Gasteiger partial charge in [0.1, 0.15) is 5.54 Å². The highest BCUT2D eigenvalue weighted by atomic mass is 16.5. The van der Waals surface area contributed by atoms with Crippen LogP contribution in [0.1, 0.15) is 39.0 Å². The van der Waals surface area contributed by atoms with E-state index in [1.54, 1.807) is 0 Å². The van der Waals surface area contributed by atoms with Gasteiger partial charge in [-0.2, -0.15) is 0 Å². The standard InChI is InChI=1S/C15H28N2O3/c1-3-20-14(18)15(16)7-4-13(10-15)17(2)11-12-5-8-19-9-6-12/h12-13H,3-11,16H2,1-2H3. The monoisotopic (exact) mass is 284 g/mol. The van der Waals surface area contributed by atoms with E-state index in [0.29, 0.717) is 25.0 Å². The van der Waals surface area contributed by atoms with Crippen LogP contribution in [0, 0.1) is 5.92 Å². The molecule has 1 aliphatic heterocycles. The Morgan fingerprint density at radius 3 is 2.75 bits per heavy atom. The highest BCUT2D eigenvalue weighted by Crippen LogP contribution is 2.32. The molecule has 2 fully saturated rings. The van der Waals surface area contributed by atoms with Crippen molar-refractivity contribution in [3.63, 3.8) is 0 Å². The molecule has 1 saturated carbocycles. The van der Waals surface area contributed by atoms with Crippen LogP contribution in [0.4, 0.5) is 0 Å². The summed E-state index contributed by atoms with van der Waals surface area (Å²) in [6.45, 7) is 5.07. The molecule has 2 rings (SSSR count). The predicted molar refractivity (Wildman–Crippen MR) is 77.4 cm³/mol. The number of esters is 1. The van der Waals surface area contributed by atoms with Crippen LogP contribution in [0.25, 0.3) is 0 Å². The molecule has 0 spiro atoms. The second-order valence-corrected chi connectivity index (χ2v) is 6.27. The van der Waals surface area contributed by atoms with Crippen LogP contribution in [-0.4, -0.2) is 55.9 Å². The number of rotatable bonds is 5. The Morgan fingerprint density at radius 2 is 2.10 bits per heavy atom. The molecule has 1 saturated heterocycles. The Bertz CT molecular complexity index is 331. The summed E-state index contributed by atoms with van der Waals surface area (Å²) in [5.74, 6) is 0.478. The van der Waals surface area contributed by atoms with Gasteiger partial charge in [-0.15, -0.1) is 0 Å². The minimum Gasteiger partial charge on any atom is -0.465 e. The summed E-state index contributed by atoms with van der Waals surface area (Å²) >= 11 is 0. The van der Waals surface area contributed by atoms with Gasteiger partial charge in [-0.25, -0.2) is 0 Å². The molecule has 116 valence electrons. The highest BCUT2D eigenvalue weighted by molar-refractivity contribution is 5.81. The summed E-state index contributed by atoms with van der Waals surface area (Å²) in [6, 6.07) is 0.396. The number of carbonyl (C=O) groups excluding carboxylic acids is 1. The number of nitrogens with zero attached hydrogens (tertiary/aromatic N) is 1. The Labute approximate surface area is 121 Å². The van der Waals surface area contributed by atoms with Crippen LogP contribution < -0.4 is 5.73 Å². The molecule has 2 unspecified atom stereocenters. The summed E-state index contributed by atoms with van der Waals surface area (Å²) in [7, 11) is 2.15. The minimum absolute atomic E-state index is 0.234. The number of carbonyl (C=O) groups is 1. The second-order valence-electron chi connectivity index (χ2n) is 6.27. The molecule has 0 aromatic rings.